The Kier molecular flexibility index (Phi) is 6.28. The van der Waals surface area contributed by atoms with Crippen molar-refractivity contribution in [3.8, 4) is 5.88 Å². The standard InChI is InChI=1S/C24H33N5O5/c1-14-11-27(12-15(2)34-14)18(30)9-6-16-10-25-29-21(16)28(13-24(3,4)5)22(32)19(23(29)33)20(31)26-17-7-8-17/h6,9-10,14-15,17,32H,7-8,11-13H2,1-5H3,(H,26,31). The molecular formula is C24H33N5O5. The second-order valence-corrected chi connectivity index (χ2v) is 10.6. The van der Waals surface area contributed by atoms with Crippen molar-refractivity contribution in [3.63, 3.8) is 0 Å². The Hall–Kier alpha value is -3.14. The number of nitrogens with one attached hydrogen (secondary N) is 1. The Bertz CT molecular complexity index is 1190. The third kappa shape index (κ3) is 5.01. The number of ether oxygens (including phenoxy) is 1. The van der Waals surface area contributed by atoms with Crippen LogP contribution in [0.4, 0.5) is 0 Å². The number of rotatable bonds is 5. The Morgan fingerprint density at radius 2 is 1.88 bits per heavy atom. The molecule has 1 saturated carbocycles. The molecule has 10 nitrogen and oxygen atoms in total. The molecule has 0 radical (unpaired) electrons. The van der Waals surface area contributed by atoms with Gasteiger partial charge in [-0.25, -0.2) is 0 Å². The van der Waals surface area contributed by atoms with Crippen LogP contribution >= 0.6 is 0 Å². The number of morpholine rings is 1. The lowest BCUT2D eigenvalue weighted by molar-refractivity contribution is -0.137. The van der Waals surface area contributed by atoms with Crippen LogP contribution in [0.15, 0.2) is 17.1 Å². The van der Waals surface area contributed by atoms with Gasteiger partial charge in [-0.3, -0.25) is 19.0 Å². The number of fused-ring (bicyclic) bond motifs is 1. The average Bonchev–Trinajstić information content (AvgIpc) is 3.43. The van der Waals surface area contributed by atoms with Crippen LogP contribution in [-0.2, 0) is 16.1 Å². The molecule has 2 aliphatic rings. The van der Waals surface area contributed by atoms with E-state index >= 15 is 0 Å². The van der Waals surface area contributed by atoms with Gasteiger partial charge in [0.2, 0.25) is 11.8 Å². The Morgan fingerprint density at radius 3 is 2.47 bits per heavy atom. The number of aromatic hydroxyl groups is 1. The first-order valence-electron chi connectivity index (χ1n) is 11.7. The summed E-state index contributed by atoms with van der Waals surface area (Å²) in [5.74, 6) is -1.17. The number of nitrogens with zero attached hydrogens (tertiary/aromatic N) is 4. The van der Waals surface area contributed by atoms with Crippen molar-refractivity contribution in [2.45, 2.75) is 72.3 Å². The van der Waals surface area contributed by atoms with E-state index in [1.807, 2.05) is 34.6 Å². The number of amides is 2. The van der Waals surface area contributed by atoms with Crippen LogP contribution in [0.1, 0.15) is 63.4 Å². The van der Waals surface area contributed by atoms with E-state index in [1.54, 1.807) is 11.0 Å². The van der Waals surface area contributed by atoms with E-state index in [1.165, 1.54) is 16.8 Å². The topological polar surface area (TPSA) is 118 Å². The van der Waals surface area contributed by atoms with Crippen molar-refractivity contribution in [1.29, 1.82) is 0 Å². The van der Waals surface area contributed by atoms with Gasteiger partial charge in [0.25, 0.3) is 11.5 Å². The summed E-state index contributed by atoms with van der Waals surface area (Å²) in [4.78, 5) is 40.4. The first kappa shape index (κ1) is 24.0. The molecule has 2 fully saturated rings. The Morgan fingerprint density at radius 1 is 1.24 bits per heavy atom. The smallest absolute Gasteiger partial charge is 0.291 e. The Labute approximate surface area is 198 Å². The molecule has 184 valence electrons. The van der Waals surface area contributed by atoms with Crippen molar-refractivity contribution in [1.82, 2.24) is 24.4 Å². The molecule has 3 heterocycles. The molecule has 2 amide bonds. The van der Waals surface area contributed by atoms with E-state index in [2.05, 4.69) is 10.4 Å². The lowest BCUT2D eigenvalue weighted by Crippen LogP contribution is -2.47. The predicted octanol–water partition coefficient (Wildman–Crippen LogP) is 1.79. The summed E-state index contributed by atoms with van der Waals surface area (Å²) >= 11 is 0. The van der Waals surface area contributed by atoms with E-state index in [0.29, 0.717) is 30.8 Å². The van der Waals surface area contributed by atoms with E-state index < -0.39 is 17.3 Å². The second-order valence-electron chi connectivity index (χ2n) is 10.6. The van der Waals surface area contributed by atoms with Gasteiger partial charge in [-0.1, -0.05) is 20.8 Å². The first-order chi connectivity index (χ1) is 15.9. The first-order valence-corrected chi connectivity index (χ1v) is 11.7. The molecule has 0 aromatic carbocycles. The zero-order valence-corrected chi connectivity index (χ0v) is 20.4. The van der Waals surface area contributed by atoms with Crippen LogP contribution < -0.4 is 10.9 Å². The maximum Gasteiger partial charge on any atom is 0.291 e. The molecule has 2 N–H and O–H groups in total. The highest BCUT2D eigenvalue weighted by Crippen LogP contribution is 2.27. The molecule has 1 aliphatic carbocycles. The molecule has 1 saturated heterocycles. The second kappa shape index (κ2) is 8.90. The molecule has 34 heavy (non-hydrogen) atoms. The fraction of sp³-hybridized carbons (Fsp3) is 0.583. The molecule has 2 aromatic heterocycles. The summed E-state index contributed by atoms with van der Waals surface area (Å²) in [6.45, 7) is 11.1. The summed E-state index contributed by atoms with van der Waals surface area (Å²) in [6, 6.07) is 0.0332. The zero-order chi connectivity index (χ0) is 24.8. The van der Waals surface area contributed by atoms with Crippen molar-refractivity contribution in [2.24, 2.45) is 5.41 Å². The van der Waals surface area contributed by atoms with Gasteiger partial charge in [0, 0.05) is 37.3 Å². The van der Waals surface area contributed by atoms with E-state index in [0.717, 1.165) is 17.4 Å². The van der Waals surface area contributed by atoms with Gasteiger partial charge in [0.1, 0.15) is 5.65 Å². The van der Waals surface area contributed by atoms with Gasteiger partial charge in [0.05, 0.1) is 18.4 Å². The number of hydrogen-bond acceptors (Lipinski definition) is 6. The van der Waals surface area contributed by atoms with E-state index in [9.17, 15) is 19.5 Å². The number of carbonyl (C=O) groups is 2. The van der Waals surface area contributed by atoms with Crippen LogP contribution in [0.2, 0.25) is 0 Å². The molecule has 0 spiro atoms. The molecule has 0 bridgehead atoms. The third-order valence-corrected chi connectivity index (χ3v) is 5.82. The van der Waals surface area contributed by atoms with Crippen molar-refractivity contribution < 1.29 is 19.4 Å². The quantitative estimate of drug-likeness (QED) is 0.642. The molecule has 2 atom stereocenters. The number of aromatic nitrogens is 3. The maximum absolute atomic E-state index is 13.1. The van der Waals surface area contributed by atoms with Gasteiger partial charge in [0.15, 0.2) is 5.56 Å². The van der Waals surface area contributed by atoms with Gasteiger partial charge in [-0.2, -0.15) is 9.61 Å². The zero-order valence-electron chi connectivity index (χ0n) is 20.4. The predicted molar refractivity (Wildman–Crippen MR) is 127 cm³/mol. The molecule has 4 rings (SSSR count). The summed E-state index contributed by atoms with van der Waals surface area (Å²) < 4.78 is 8.34. The lowest BCUT2D eigenvalue weighted by atomic mass is 9.96. The van der Waals surface area contributed by atoms with Crippen LogP contribution in [0.25, 0.3) is 11.7 Å². The fourth-order valence-corrected chi connectivity index (χ4v) is 4.26. The van der Waals surface area contributed by atoms with Gasteiger partial charge < -0.3 is 20.1 Å². The average molecular weight is 472 g/mol. The van der Waals surface area contributed by atoms with E-state index in [4.69, 9.17) is 4.74 Å². The maximum atomic E-state index is 13.1. The molecular weight excluding hydrogens is 438 g/mol. The minimum atomic E-state index is -0.697. The Balaban J connectivity index is 1.75. The van der Waals surface area contributed by atoms with Gasteiger partial charge in [-0.05, 0) is 38.2 Å². The summed E-state index contributed by atoms with van der Waals surface area (Å²) in [5.41, 5.74) is -0.479. The van der Waals surface area contributed by atoms with Crippen molar-refractivity contribution in [3.05, 3.63) is 33.8 Å². The van der Waals surface area contributed by atoms with Crippen molar-refractivity contribution in [2.75, 3.05) is 13.1 Å². The van der Waals surface area contributed by atoms with Gasteiger partial charge in [-0.15, -0.1) is 0 Å². The highest BCUT2D eigenvalue weighted by atomic mass is 16.5. The summed E-state index contributed by atoms with van der Waals surface area (Å²) in [6.07, 6.45) is 6.12. The minimum Gasteiger partial charge on any atom is -0.494 e. The highest BCUT2D eigenvalue weighted by Gasteiger charge is 2.31. The highest BCUT2D eigenvalue weighted by molar-refractivity contribution is 5.97. The lowest BCUT2D eigenvalue weighted by Gasteiger charge is -2.34. The fourth-order valence-electron chi connectivity index (χ4n) is 4.26. The summed E-state index contributed by atoms with van der Waals surface area (Å²) in [7, 11) is 0. The number of hydrogen-bond donors (Lipinski definition) is 2. The molecule has 1 aliphatic heterocycles. The van der Waals surface area contributed by atoms with Crippen LogP contribution in [-0.4, -0.2) is 67.3 Å². The third-order valence-electron chi connectivity index (χ3n) is 5.82. The van der Waals surface area contributed by atoms with E-state index in [-0.39, 0.29) is 35.1 Å². The normalized spacial score (nSPS) is 21.4. The minimum absolute atomic E-state index is 0.0332. The van der Waals surface area contributed by atoms with Crippen LogP contribution in [0.3, 0.4) is 0 Å². The van der Waals surface area contributed by atoms with Gasteiger partial charge >= 0.3 is 0 Å². The monoisotopic (exact) mass is 471 g/mol. The molecule has 10 heteroatoms. The largest absolute Gasteiger partial charge is 0.494 e. The van der Waals surface area contributed by atoms with Crippen molar-refractivity contribution >= 4 is 23.5 Å². The SMILES string of the molecule is CC1CN(C(=O)C=Cc2cnn3c(=O)c(C(=O)NC4CC4)c(O)n(CC(C)(C)C)c23)CC(C)O1. The molecule has 2 unspecified atom stereocenters. The molecule has 2 aromatic rings. The number of carbonyl (C=O) groups excluding carboxylic acids is 2. The van der Waals surface area contributed by atoms with Crippen LogP contribution in [0.5, 0.6) is 5.88 Å². The van der Waals surface area contributed by atoms with Crippen LogP contribution in [0, 0.1) is 5.41 Å². The summed E-state index contributed by atoms with van der Waals surface area (Å²) in [5, 5.41) is 18.0.